The van der Waals surface area contributed by atoms with Gasteiger partial charge in [0.05, 0.1) is 10.7 Å². The normalized spacial score (nSPS) is 12.7. The highest BCUT2D eigenvalue weighted by Crippen LogP contribution is 2.22. The number of nitrogens with zero attached hydrogens (tertiary/aromatic N) is 4. The van der Waals surface area contributed by atoms with Crippen LogP contribution in [0, 0.1) is 0 Å². The number of pyridine rings is 1. The molecule has 1 atom stereocenters. The maximum absolute atomic E-state index is 6.05. The van der Waals surface area contributed by atoms with Crippen LogP contribution >= 0.6 is 11.6 Å². The van der Waals surface area contributed by atoms with Crippen molar-refractivity contribution in [2.75, 3.05) is 0 Å². The second-order valence-corrected chi connectivity index (χ2v) is 4.00. The Bertz CT molecular complexity index is 482. The second kappa shape index (κ2) is 4.59. The number of aromatic nitrogens is 4. The van der Waals surface area contributed by atoms with Gasteiger partial charge in [0.1, 0.15) is 0 Å². The van der Waals surface area contributed by atoms with E-state index in [9.17, 15) is 0 Å². The number of hydrogen-bond donors (Lipinski definition) is 1. The smallest absolute Gasteiger partial charge is 0.0845 e. The van der Waals surface area contributed by atoms with Crippen LogP contribution in [0.1, 0.15) is 17.3 Å². The first-order valence-corrected chi connectivity index (χ1v) is 5.25. The Morgan fingerprint density at radius 1 is 1.56 bits per heavy atom. The molecule has 0 saturated carbocycles. The molecule has 84 valence electrons. The van der Waals surface area contributed by atoms with Gasteiger partial charge in [-0.15, -0.1) is 5.10 Å². The topological polar surface area (TPSA) is 69.6 Å². The van der Waals surface area contributed by atoms with E-state index in [1.165, 1.54) is 0 Å². The lowest BCUT2D eigenvalue weighted by Gasteiger charge is -2.11. The highest BCUT2D eigenvalue weighted by Gasteiger charge is 2.12. The van der Waals surface area contributed by atoms with Crippen LogP contribution in [0.3, 0.4) is 0 Å². The summed E-state index contributed by atoms with van der Waals surface area (Å²) in [6.45, 7) is 0. The Morgan fingerprint density at radius 3 is 3.00 bits per heavy atom. The Hall–Kier alpha value is -1.46. The average Bonchev–Trinajstić information content (AvgIpc) is 2.64. The maximum Gasteiger partial charge on any atom is 0.0845 e. The van der Waals surface area contributed by atoms with Crippen LogP contribution in [0.4, 0.5) is 0 Å². The molecule has 0 aliphatic heterocycles. The zero-order valence-electron chi connectivity index (χ0n) is 8.84. The molecule has 0 fully saturated rings. The van der Waals surface area contributed by atoms with Crippen molar-refractivity contribution in [2.45, 2.75) is 12.5 Å². The first kappa shape index (κ1) is 11.0. The van der Waals surface area contributed by atoms with Gasteiger partial charge in [-0.3, -0.25) is 9.67 Å². The number of nitrogens with two attached hydrogens (primary N) is 1. The van der Waals surface area contributed by atoms with E-state index in [1.54, 1.807) is 17.1 Å². The van der Waals surface area contributed by atoms with Crippen molar-refractivity contribution in [2.24, 2.45) is 12.8 Å². The van der Waals surface area contributed by atoms with Gasteiger partial charge < -0.3 is 5.73 Å². The molecule has 0 spiro atoms. The molecule has 0 aliphatic carbocycles. The van der Waals surface area contributed by atoms with E-state index in [0.29, 0.717) is 11.4 Å². The molecular formula is C10H12ClN5. The molecule has 6 heteroatoms. The second-order valence-electron chi connectivity index (χ2n) is 3.59. The van der Waals surface area contributed by atoms with Crippen molar-refractivity contribution in [1.82, 2.24) is 20.0 Å². The van der Waals surface area contributed by atoms with Gasteiger partial charge in [-0.05, 0) is 11.6 Å². The number of aryl methyl sites for hydroxylation is 1. The summed E-state index contributed by atoms with van der Waals surface area (Å²) in [5.74, 6) is 0. The summed E-state index contributed by atoms with van der Waals surface area (Å²) in [7, 11) is 1.82. The molecule has 1 unspecified atom stereocenters. The van der Waals surface area contributed by atoms with Gasteiger partial charge in [-0.2, -0.15) is 0 Å². The largest absolute Gasteiger partial charge is 0.324 e. The zero-order valence-corrected chi connectivity index (χ0v) is 9.59. The lowest BCUT2D eigenvalue weighted by molar-refractivity contribution is 0.693. The van der Waals surface area contributed by atoms with Crippen LogP contribution in [0.5, 0.6) is 0 Å². The summed E-state index contributed by atoms with van der Waals surface area (Å²) in [4.78, 5) is 3.92. The van der Waals surface area contributed by atoms with Crippen molar-refractivity contribution in [1.29, 1.82) is 0 Å². The molecule has 0 amide bonds. The van der Waals surface area contributed by atoms with Crippen molar-refractivity contribution in [3.8, 4) is 0 Å². The first-order chi connectivity index (χ1) is 7.66. The summed E-state index contributed by atoms with van der Waals surface area (Å²) < 4.78 is 1.65. The number of rotatable bonds is 3. The highest BCUT2D eigenvalue weighted by molar-refractivity contribution is 6.31. The predicted octanol–water partition coefficient (Wildman–Crippen LogP) is 1.11. The standard InChI is InChI=1S/C10H12ClN5/c1-16-6-7(14-15-16)4-10(12)8-2-3-13-5-9(8)11/h2-3,5-6,10H,4,12H2,1H3. The fourth-order valence-corrected chi connectivity index (χ4v) is 1.77. The molecule has 0 radical (unpaired) electrons. The van der Waals surface area contributed by atoms with Crippen LogP contribution in [0.25, 0.3) is 0 Å². The van der Waals surface area contributed by atoms with Crippen LogP contribution in [-0.2, 0) is 13.5 Å². The minimum absolute atomic E-state index is 0.188. The van der Waals surface area contributed by atoms with Crippen LogP contribution in [0.2, 0.25) is 5.02 Å². The maximum atomic E-state index is 6.05. The van der Waals surface area contributed by atoms with Crippen LogP contribution in [0.15, 0.2) is 24.7 Å². The van der Waals surface area contributed by atoms with Crippen LogP contribution < -0.4 is 5.73 Å². The zero-order chi connectivity index (χ0) is 11.5. The summed E-state index contributed by atoms with van der Waals surface area (Å²) in [6.07, 6.45) is 5.72. The molecule has 5 nitrogen and oxygen atoms in total. The molecular weight excluding hydrogens is 226 g/mol. The Labute approximate surface area is 98.2 Å². The number of halogens is 1. The van der Waals surface area contributed by atoms with Crippen molar-refractivity contribution in [3.63, 3.8) is 0 Å². The van der Waals surface area contributed by atoms with Gasteiger partial charge in [0.15, 0.2) is 0 Å². The van der Waals surface area contributed by atoms with E-state index in [2.05, 4.69) is 15.3 Å². The van der Waals surface area contributed by atoms with Crippen molar-refractivity contribution in [3.05, 3.63) is 40.9 Å². The first-order valence-electron chi connectivity index (χ1n) is 4.87. The molecule has 0 aromatic carbocycles. The van der Waals surface area contributed by atoms with E-state index in [1.807, 2.05) is 19.3 Å². The van der Waals surface area contributed by atoms with Gasteiger partial charge in [0.2, 0.25) is 0 Å². The quantitative estimate of drug-likeness (QED) is 0.868. The molecule has 2 aromatic heterocycles. The summed E-state index contributed by atoms with van der Waals surface area (Å²) in [5, 5.41) is 8.42. The van der Waals surface area contributed by atoms with E-state index in [0.717, 1.165) is 11.3 Å². The third-order valence-electron chi connectivity index (χ3n) is 2.28. The SMILES string of the molecule is Cn1cc(CC(N)c2ccncc2Cl)nn1. The molecule has 2 N–H and O–H groups in total. The molecule has 0 aliphatic rings. The molecule has 0 saturated heterocycles. The summed E-state index contributed by atoms with van der Waals surface area (Å²) >= 11 is 6.01. The van der Waals surface area contributed by atoms with E-state index in [-0.39, 0.29) is 6.04 Å². The third kappa shape index (κ3) is 2.37. The molecule has 0 bridgehead atoms. The van der Waals surface area contributed by atoms with Gasteiger partial charge in [0.25, 0.3) is 0 Å². The Kier molecular flexibility index (Phi) is 3.17. The molecule has 16 heavy (non-hydrogen) atoms. The molecule has 2 heterocycles. The van der Waals surface area contributed by atoms with E-state index < -0.39 is 0 Å². The lowest BCUT2D eigenvalue weighted by atomic mass is 10.0. The lowest BCUT2D eigenvalue weighted by Crippen LogP contribution is -2.14. The molecule has 2 rings (SSSR count). The third-order valence-corrected chi connectivity index (χ3v) is 2.60. The Morgan fingerprint density at radius 2 is 2.38 bits per heavy atom. The molecule has 2 aromatic rings. The fourth-order valence-electron chi connectivity index (χ4n) is 1.51. The number of hydrogen-bond acceptors (Lipinski definition) is 4. The van der Waals surface area contributed by atoms with Gasteiger partial charge in [-0.1, -0.05) is 16.8 Å². The van der Waals surface area contributed by atoms with Gasteiger partial charge >= 0.3 is 0 Å². The van der Waals surface area contributed by atoms with E-state index in [4.69, 9.17) is 17.3 Å². The summed E-state index contributed by atoms with van der Waals surface area (Å²) in [6, 6.07) is 1.64. The van der Waals surface area contributed by atoms with Gasteiger partial charge in [-0.25, -0.2) is 0 Å². The van der Waals surface area contributed by atoms with E-state index >= 15 is 0 Å². The van der Waals surface area contributed by atoms with Crippen molar-refractivity contribution >= 4 is 11.6 Å². The average molecular weight is 238 g/mol. The predicted molar refractivity (Wildman–Crippen MR) is 60.9 cm³/mol. The monoisotopic (exact) mass is 237 g/mol. The Balaban J connectivity index is 2.14. The van der Waals surface area contributed by atoms with Gasteiger partial charge in [0, 0.05) is 38.1 Å². The highest BCUT2D eigenvalue weighted by atomic mass is 35.5. The van der Waals surface area contributed by atoms with Crippen LogP contribution in [-0.4, -0.2) is 20.0 Å². The minimum Gasteiger partial charge on any atom is -0.324 e. The van der Waals surface area contributed by atoms with Crippen molar-refractivity contribution < 1.29 is 0 Å². The fraction of sp³-hybridized carbons (Fsp3) is 0.300. The summed E-state index contributed by atoms with van der Waals surface area (Å²) in [5.41, 5.74) is 7.77. The minimum atomic E-state index is -0.188.